The number of nitrogens with two attached hydrogens (primary N) is 1. The summed E-state index contributed by atoms with van der Waals surface area (Å²) in [5.41, 5.74) is 6.79. The second-order valence-corrected chi connectivity index (χ2v) is 5.91. The summed E-state index contributed by atoms with van der Waals surface area (Å²) < 4.78 is 10.8. The van der Waals surface area contributed by atoms with Crippen LogP contribution in [0.4, 0.5) is 0 Å². The number of nitrogens with zero attached hydrogens (tertiary/aromatic N) is 1. The van der Waals surface area contributed by atoms with E-state index in [1.165, 1.54) is 0 Å². The molecule has 2 aromatic rings. The summed E-state index contributed by atoms with van der Waals surface area (Å²) in [6.07, 6.45) is 2.54. The number of pyridine rings is 1. The van der Waals surface area contributed by atoms with E-state index in [-0.39, 0.29) is 11.8 Å². The number of ether oxygens (including phenoxy) is 2. The van der Waals surface area contributed by atoms with Crippen molar-refractivity contribution in [3.8, 4) is 17.4 Å². The molecule has 0 aliphatic heterocycles. The standard InChI is InChI=1S/C19H25N3O3/c1-4-13(2)18(20)19(23)22-12-14-8-9-17(21-11-14)25-16-7-5-6-15(10-16)24-3/h5-11,13,18H,4,12,20H2,1-3H3,(H,22,23). The Hall–Kier alpha value is -2.60. The first kappa shape index (κ1) is 18.7. The van der Waals surface area contributed by atoms with Gasteiger partial charge in [-0.05, 0) is 23.6 Å². The molecule has 6 heteroatoms. The lowest BCUT2D eigenvalue weighted by Crippen LogP contribution is -2.44. The molecule has 6 nitrogen and oxygen atoms in total. The zero-order chi connectivity index (χ0) is 18.2. The van der Waals surface area contributed by atoms with Gasteiger partial charge in [-0.2, -0.15) is 0 Å². The van der Waals surface area contributed by atoms with Crippen LogP contribution in [0.15, 0.2) is 42.6 Å². The number of hydrogen-bond acceptors (Lipinski definition) is 5. The average molecular weight is 343 g/mol. The SMILES string of the molecule is CCC(C)C(N)C(=O)NCc1ccc(Oc2cccc(OC)c2)nc1. The Bertz CT molecular complexity index is 689. The maximum Gasteiger partial charge on any atom is 0.237 e. The number of nitrogens with one attached hydrogen (secondary N) is 1. The highest BCUT2D eigenvalue weighted by atomic mass is 16.5. The Morgan fingerprint density at radius 1 is 1.28 bits per heavy atom. The van der Waals surface area contributed by atoms with E-state index < -0.39 is 6.04 Å². The molecule has 134 valence electrons. The number of amides is 1. The minimum atomic E-state index is -0.492. The van der Waals surface area contributed by atoms with Crippen molar-refractivity contribution in [3.63, 3.8) is 0 Å². The highest BCUT2D eigenvalue weighted by Crippen LogP contribution is 2.23. The molecule has 0 saturated carbocycles. The number of methoxy groups -OCH3 is 1. The fourth-order valence-electron chi connectivity index (χ4n) is 2.18. The van der Waals surface area contributed by atoms with Gasteiger partial charge in [-0.15, -0.1) is 0 Å². The summed E-state index contributed by atoms with van der Waals surface area (Å²) in [7, 11) is 1.60. The molecule has 1 amide bonds. The van der Waals surface area contributed by atoms with Gasteiger partial charge in [0.2, 0.25) is 11.8 Å². The van der Waals surface area contributed by atoms with Crippen molar-refractivity contribution in [1.29, 1.82) is 0 Å². The highest BCUT2D eigenvalue weighted by Gasteiger charge is 2.18. The van der Waals surface area contributed by atoms with Gasteiger partial charge in [-0.25, -0.2) is 4.98 Å². The first-order valence-corrected chi connectivity index (χ1v) is 8.33. The Morgan fingerprint density at radius 2 is 2.04 bits per heavy atom. The zero-order valence-electron chi connectivity index (χ0n) is 14.9. The molecule has 0 spiro atoms. The van der Waals surface area contributed by atoms with Gasteiger partial charge in [-0.1, -0.05) is 32.4 Å². The van der Waals surface area contributed by atoms with E-state index in [4.69, 9.17) is 15.2 Å². The summed E-state index contributed by atoms with van der Waals surface area (Å²) in [6.45, 7) is 4.37. The summed E-state index contributed by atoms with van der Waals surface area (Å²) >= 11 is 0. The van der Waals surface area contributed by atoms with Crippen LogP contribution in [0.25, 0.3) is 0 Å². The maximum absolute atomic E-state index is 12.0. The van der Waals surface area contributed by atoms with Crippen molar-refractivity contribution in [2.75, 3.05) is 7.11 Å². The lowest BCUT2D eigenvalue weighted by atomic mass is 9.99. The minimum Gasteiger partial charge on any atom is -0.497 e. The molecule has 1 aromatic heterocycles. The van der Waals surface area contributed by atoms with Gasteiger partial charge in [-0.3, -0.25) is 4.79 Å². The van der Waals surface area contributed by atoms with E-state index in [1.807, 2.05) is 38.1 Å². The van der Waals surface area contributed by atoms with Crippen LogP contribution in [0, 0.1) is 5.92 Å². The van der Waals surface area contributed by atoms with E-state index in [0.29, 0.717) is 18.2 Å². The second-order valence-electron chi connectivity index (χ2n) is 5.91. The van der Waals surface area contributed by atoms with Gasteiger partial charge < -0.3 is 20.5 Å². The van der Waals surface area contributed by atoms with Crippen LogP contribution >= 0.6 is 0 Å². The van der Waals surface area contributed by atoms with Gasteiger partial charge >= 0.3 is 0 Å². The topological polar surface area (TPSA) is 86.5 Å². The molecule has 0 aliphatic rings. The van der Waals surface area contributed by atoms with Gasteiger partial charge in [0.15, 0.2) is 0 Å². The first-order valence-electron chi connectivity index (χ1n) is 8.33. The van der Waals surface area contributed by atoms with Crippen LogP contribution in [0.2, 0.25) is 0 Å². The maximum atomic E-state index is 12.0. The van der Waals surface area contributed by atoms with E-state index in [2.05, 4.69) is 10.3 Å². The Kier molecular flexibility index (Phi) is 6.77. The van der Waals surface area contributed by atoms with E-state index in [0.717, 1.165) is 17.7 Å². The zero-order valence-corrected chi connectivity index (χ0v) is 14.9. The lowest BCUT2D eigenvalue weighted by Gasteiger charge is -2.17. The normalized spacial score (nSPS) is 13.0. The molecule has 0 aliphatic carbocycles. The average Bonchev–Trinajstić information content (AvgIpc) is 2.66. The number of benzene rings is 1. The Morgan fingerprint density at radius 3 is 2.68 bits per heavy atom. The molecule has 1 aromatic carbocycles. The highest BCUT2D eigenvalue weighted by molar-refractivity contribution is 5.81. The van der Waals surface area contributed by atoms with Crippen LogP contribution in [-0.4, -0.2) is 24.0 Å². The van der Waals surface area contributed by atoms with Gasteiger partial charge in [0.25, 0.3) is 0 Å². The van der Waals surface area contributed by atoms with Crippen LogP contribution < -0.4 is 20.5 Å². The third-order valence-electron chi connectivity index (χ3n) is 4.09. The molecular formula is C19H25N3O3. The molecule has 0 radical (unpaired) electrons. The number of hydrogen-bond donors (Lipinski definition) is 2. The molecule has 0 saturated heterocycles. The van der Waals surface area contributed by atoms with Crippen LogP contribution in [0.3, 0.4) is 0 Å². The fourth-order valence-corrected chi connectivity index (χ4v) is 2.18. The van der Waals surface area contributed by atoms with Crippen molar-refractivity contribution >= 4 is 5.91 Å². The van der Waals surface area contributed by atoms with Gasteiger partial charge in [0.05, 0.1) is 13.2 Å². The molecule has 25 heavy (non-hydrogen) atoms. The van der Waals surface area contributed by atoms with Crippen molar-refractivity contribution < 1.29 is 14.3 Å². The molecule has 0 fully saturated rings. The quantitative estimate of drug-likeness (QED) is 0.770. The van der Waals surface area contributed by atoms with Gasteiger partial charge in [0, 0.05) is 24.9 Å². The van der Waals surface area contributed by atoms with Crippen LogP contribution in [0.1, 0.15) is 25.8 Å². The molecular weight excluding hydrogens is 318 g/mol. The third-order valence-corrected chi connectivity index (χ3v) is 4.09. The van der Waals surface area contributed by atoms with Crippen molar-refractivity contribution in [2.45, 2.75) is 32.9 Å². The van der Waals surface area contributed by atoms with Crippen LogP contribution in [-0.2, 0) is 11.3 Å². The second kappa shape index (κ2) is 9.03. The minimum absolute atomic E-state index is 0.147. The van der Waals surface area contributed by atoms with E-state index in [9.17, 15) is 4.79 Å². The first-order chi connectivity index (χ1) is 12.0. The largest absolute Gasteiger partial charge is 0.497 e. The van der Waals surface area contributed by atoms with E-state index in [1.54, 1.807) is 25.4 Å². The predicted molar refractivity (Wildman–Crippen MR) is 96.6 cm³/mol. The summed E-state index contributed by atoms with van der Waals surface area (Å²) in [6, 6.07) is 10.4. The number of carbonyl (C=O) groups excluding carboxylic acids is 1. The van der Waals surface area contributed by atoms with Crippen molar-refractivity contribution in [2.24, 2.45) is 11.7 Å². The summed E-state index contributed by atoms with van der Waals surface area (Å²) in [4.78, 5) is 16.3. The number of rotatable bonds is 8. The molecule has 3 N–H and O–H groups in total. The van der Waals surface area contributed by atoms with Crippen LogP contribution in [0.5, 0.6) is 17.4 Å². The smallest absolute Gasteiger partial charge is 0.237 e. The predicted octanol–water partition coefficient (Wildman–Crippen LogP) is 2.87. The number of carbonyl (C=O) groups is 1. The van der Waals surface area contributed by atoms with Gasteiger partial charge in [0.1, 0.15) is 11.5 Å². The molecule has 0 bridgehead atoms. The Balaban J connectivity index is 1.90. The molecule has 2 rings (SSSR count). The molecule has 2 unspecified atom stereocenters. The Labute approximate surface area is 148 Å². The van der Waals surface area contributed by atoms with Crippen molar-refractivity contribution in [1.82, 2.24) is 10.3 Å². The lowest BCUT2D eigenvalue weighted by molar-refractivity contribution is -0.123. The summed E-state index contributed by atoms with van der Waals surface area (Å²) in [5.74, 6) is 1.84. The number of aromatic nitrogens is 1. The molecule has 2 atom stereocenters. The monoisotopic (exact) mass is 343 g/mol. The third kappa shape index (κ3) is 5.46. The van der Waals surface area contributed by atoms with Crippen molar-refractivity contribution in [3.05, 3.63) is 48.2 Å². The summed E-state index contributed by atoms with van der Waals surface area (Å²) in [5, 5.41) is 2.84. The molecule has 1 heterocycles. The fraction of sp³-hybridized carbons (Fsp3) is 0.368. The van der Waals surface area contributed by atoms with E-state index >= 15 is 0 Å².